The first-order chi connectivity index (χ1) is 25.4. The van der Waals surface area contributed by atoms with Crippen LogP contribution in [0.4, 0.5) is 20.3 Å². The van der Waals surface area contributed by atoms with Gasteiger partial charge in [-0.2, -0.15) is 9.97 Å². The molecular formula is C40H52F2N6O5. The Morgan fingerprint density at radius 2 is 2.06 bits per heavy atom. The first-order valence-electron chi connectivity index (χ1n) is 18.9. The van der Waals surface area contributed by atoms with Gasteiger partial charge in [0.15, 0.2) is 11.6 Å². The molecule has 2 aromatic rings. The quantitative estimate of drug-likeness (QED) is 0.286. The Labute approximate surface area is 311 Å². The maximum Gasteiger partial charge on any atom is 0.318 e. The molecule has 3 fully saturated rings. The molecule has 7 rings (SSSR count). The van der Waals surface area contributed by atoms with Crippen LogP contribution in [-0.4, -0.2) is 126 Å². The van der Waals surface area contributed by atoms with Gasteiger partial charge in [-0.15, -0.1) is 6.42 Å². The number of hydrogen-bond acceptors (Lipinski definition) is 10. The van der Waals surface area contributed by atoms with E-state index in [2.05, 4.69) is 17.4 Å². The lowest BCUT2D eigenvalue weighted by atomic mass is 9.86. The molecule has 0 bridgehead atoms. The number of ether oxygens (including phenoxy) is 3. The van der Waals surface area contributed by atoms with Gasteiger partial charge in [-0.05, 0) is 63.2 Å². The van der Waals surface area contributed by atoms with Crippen LogP contribution in [0.3, 0.4) is 0 Å². The zero-order valence-corrected chi connectivity index (χ0v) is 31.2. The van der Waals surface area contributed by atoms with Gasteiger partial charge in [0.1, 0.15) is 25.2 Å². The smallest absolute Gasteiger partial charge is 0.318 e. The maximum absolute atomic E-state index is 15.1. The molecular weight excluding hydrogens is 682 g/mol. The summed E-state index contributed by atoms with van der Waals surface area (Å²) in [6, 6.07) is 2.81. The molecule has 1 N–H and O–H groups in total. The van der Waals surface area contributed by atoms with Crippen LogP contribution in [-0.2, 0) is 22.4 Å². The van der Waals surface area contributed by atoms with Crippen molar-refractivity contribution in [1.82, 2.24) is 19.8 Å². The molecule has 1 aromatic carbocycles. The SMILES string of the molecule is C#Cc1c(F)ccc2c1N([C@H]1COc3c(nc(OC[C@]4(C)C[C@@H](F)CN4CC4CCOCC4)nc3N(C)C[C@@H]3CCCN3C(=O)C=C)C1)C[C@](C)(O)C2. The van der Waals surface area contributed by atoms with Crippen molar-refractivity contribution in [3.63, 3.8) is 0 Å². The zero-order valence-electron chi connectivity index (χ0n) is 31.2. The van der Waals surface area contributed by atoms with Crippen LogP contribution in [0.5, 0.6) is 11.8 Å². The van der Waals surface area contributed by atoms with Crippen molar-refractivity contribution in [3.05, 3.63) is 47.4 Å². The second kappa shape index (κ2) is 15.0. The van der Waals surface area contributed by atoms with Crippen molar-refractivity contribution in [2.75, 3.05) is 76.0 Å². The molecule has 53 heavy (non-hydrogen) atoms. The van der Waals surface area contributed by atoms with Gasteiger partial charge in [-0.1, -0.05) is 18.6 Å². The number of nitrogens with zero attached hydrogens (tertiary/aromatic N) is 6. The number of β-amino-alcohol motifs (C(OH)–C–C–N with tert-alkyl or cyclic N) is 1. The highest BCUT2D eigenvalue weighted by molar-refractivity contribution is 5.87. The highest BCUT2D eigenvalue weighted by Crippen LogP contribution is 2.42. The number of fused-ring (bicyclic) bond motifs is 2. The van der Waals surface area contributed by atoms with Gasteiger partial charge in [-0.25, -0.2) is 8.78 Å². The van der Waals surface area contributed by atoms with Crippen LogP contribution in [0.2, 0.25) is 0 Å². The van der Waals surface area contributed by atoms with E-state index in [9.17, 15) is 9.90 Å². The van der Waals surface area contributed by atoms with E-state index in [4.69, 9.17) is 30.6 Å². The average Bonchev–Trinajstić information content (AvgIpc) is 3.72. The predicted octanol–water partition coefficient (Wildman–Crippen LogP) is 3.94. The van der Waals surface area contributed by atoms with E-state index in [1.165, 1.54) is 12.1 Å². The van der Waals surface area contributed by atoms with Crippen molar-refractivity contribution in [3.8, 4) is 24.1 Å². The molecule has 1 aromatic heterocycles. The number of carbonyl (C=O) groups excluding carboxylic acids is 1. The Morgan fingerprint density at radius 1 is 1.26 bits per heavy atom. The molecule has 5 aliphatic rings. The van der Waals surface area contributed by atoms with Gasteiger partial charge < -0.3 is 34.0 Å². The Balaban J connectivity index is 1.19. The van der Waals surface area contributed by atoms with Gasteiger partial charge in [-0.3, -0.25) is 9.69 Å². The predicted molar refractivity (Wildman–Crippen MR) is 198 cm³/mol. The summed E-state index contributed by atoms with van der Waals surface area (Å²) in [5, 5.41) is 11.3. The largest absolute Gasteiger partial charge is 0.486 e. The molecule has 13 heteroatoms. The normalized spacial score (nSPS) is 28.9. The van der Waals surface area contributed by atoms with Gasteiger partial charge in [0.05, 0.1) is 34.1 Å². The van der Waals surface area contributed by atoms with Crippen LogP contribution >= 0.6 is 0 Å². The minimum Gasteiger partial charge on any atom is -0.486 e. The summed E-state index contributed by atoms with van der Waals surface area (Å²) in [5.74, 6) is 3.42. The summed E-state index contributed by atoms with van der Waals surface area (Å²) >= 11 is 0. The van der Waals surface area contributed by atoms with Gasteiger partial charge in [0.25, 0.3) is 0 Å². The van der Waals surface area contributed by atoms with E-state index in [0.717, 1.165) is 51.0 Å². The second-order valence-electron chi connectivity index (χ2n) is 16.1. The summed E-state index contributed by atoms with van der Waals surface area (Å²) in [5.41, 5.74) is 0.475. The van der Waals surface area contributed by atoms with Crippen molar-refractivity contribution < 1.29 is 32.9 Å². The van der Waals surface area contributed by atoms with E-state index in [1.807, 2.05) is 28.7 Å². The van der Waals surface area contributed by atoms with Crippen LogP contribution in [0.1, 0.15) is 62.8 Å². The van der Waals surface area contributed by atoms with Crippen LogP contribution in [0.15, 0.2) is 24.8 Å². The zero-order chi connectivity index (χ0) is 37.5. The number of halogens is 2. The molecule has 0 radical (unpaired) electrons. The van der Waals surface area contributed by atoms with E-state index < -0.39 is 23.1 Å². The third-order valence-corrected chi connectivity index (χ3v) is 11.8. The minimum atomic E-state index is -1.08. The number of hydrogen-bond donors (Lipinski definition) is 1. The van der Waals surface area contributed by atoms with E-state index in [0.29, 0.717) is 67.8 Å². The molecule has 0 saturated carbocycles. The van der Waals surface area contributed by atoms with Crippen LogP contribution in [0.25, 0.3) is 0 Å². The Hall–Kier alpha value is -3.99. The number of aromatic nitrogens is 2. The lowest BCUT2D eigenvalue weighted by Gasteiger charge is -2.45. The van der Waals surface area contributed by atoms with Crippen LogP contribution in [0, 0.1) is 24.1 Å². The fraction of sp³-hybridized carbons (Fsp3) is 0.625. The summed E-state index contributed by atoms with van der Waals surface area (Å²) < 4.78 is 48.6. The fourth-order valence-corrected chi connectivity index (χ4v) is 9.05. The number of alkyl halides is 1. The molecule has 5 atom stereocenters. The summed E-state index contributed by atoms with van der Waals surface area (Å²) in [4.78, 5) is 30.4. The van der Waals surface area contributed by atoms with Gasteiger partial charge >= 0.3 is 6.01 Å². The third kappa shape index (κ3) is 7.68. The van der Waals surface area contributed by atoms with Crippen molar-refractivity contribution in [2.45, 2.75) is 88.2 Å². The third-order valence-electron chi connectivity index (χ3n) is 11.8. The summed E-state index contributed by atoms with van der Waals surface area (Å²) in [6.45, 7) is 11.9. The first-order valence-corrected chi connectivity index (χ1v) is 18.9. The number of benzene rings is 1. The molecule has 5 aliphatic heterocycles. The van der Waals surface area contributed by atoms with Gasteiger partial charge in [0.2, 0.25) is 5.91 Å². The molecule has 6 heterocycles. The van der Waals surface area contributed by atoms with Crippen molar-refractivity contribution >= 4 is 17.4 Å². The van der Waals surface area contributed by atoms with E-state index in [-0.39, 0.29) is 49.3 Å². The number of terminal acetylenes is 1. The number of likely N-dealkylation sites (N-methyl/N-ethyl adjacent to an activating group) is 1. The number of carbonyl (C=O) groups is 1. The number of aliphatic hydroxyl groups is 1. The fourth-order valence-electron chi connectivity index (χ4n) is 9.05. The molecule has 0 unspecified atom stereocenters. The monoisotopic (exact) mass is 734 g/mol. The van der Waals surface area contributed by atoms with E-state index >= 15 is 8.78 Å². The topological polar surface area (TPSA) is 104 Å². The second-order valence-corrected chi connectivity index (χ2v) is 16.1. The molecule has 0 aliphatic carbocycles. The van der Waals surface area contributed by atoms with Crippen molar-refractivity contribution in [2.24, 2.45) is 5.92 Å². The number of anilines is 2. The molecule has 286 valence electrons. The number of rotatable bonds is 10. The first kappa shape index (κ1) is 37.3. The van der Waals surface area contributed by atoms with Gasteiger partial charge in [0, 0.05) is 78.3 Å². The van der Waals surface area contributed by atoms with Crippen LogP contribution < -0.4 is 19.3 Å². The Morgan fingerprint density at radius 3 is 2.81 bits per heavy atom. The lowest BCUT2D eigenvalue weighted by Crippen LogP contribution is -2.54. The highest BCUT2D eigenvalue weighted by Gasteiger charge is 2.45. The molecule has 3 saturated heterocycles. The van der Waals surface area contributed by atoms with Crippen molar-refractivity contribution in [1.29, 1.82) is 0 Å². The maximum atomic E-state index is 15.1. The standard InChI is InChI=1S/C40H52F2N6O5/c1-6-31-32(42)11-10-27-18-40(4,50)24-48(35(27)31)30-17-33-36(52-23-30)37(45(5)22-29-9-8-14-47(29)34(49)7-2)44-38(43-33)53-25-39(3)19-28(41)21-46(39)20-26-12-15-51-16-13-26/h1,7,10-11,26,28-30,50H,2,8-9,12-25H2,3-5H3/t28-,29+,30-,39+,40-/m1/s1. The lowest BCUT2D eigenvalue weighted by molar-refractivity contribution is -0.126. The summed E-state index contributed by atoms with van der Waals surface area (Å²) in [7, 11) is 1.92. The minimum absolute atomic E-state index is 0.0429. The Bertz CT molecular complexity index is 1750. The molecule has 0 spiro atoms. The Kier molecular flexibility index (Phi) is 10.6. The van der Waals surface area contributed by atoms with E-state index in [1.54, 1.807) is 13.0 Å². The molecule has 11 nitrogen and oxygen atoms in total. The number of amides is 1. The molecule has 1 amide bonds. The number of likely N-dealkylation sites (tertiary alicyclic amines) is 2. The average molecular weight is 735 g/mol. The highest BCUT2D eigenvalue weighted by atomic mass is 19.1. The summed E-state index contributed by atoms with van der Waals surface area (Å²) in [6.07, 6.45) is 10.9.